The van der Waals surface area contributed by atoms with Gasteiger partial charge >= 0.3 is 0 Å². The Kier molecular flexibility index (Phi) is 5.34. The van der Waals surface area contributed by atoms with Crippen molar-refractivity contribution in [3.63, 3.8) is 0 Å². The van der Waals surface area contributed by atoms with E-state index in [9.17, 15) is 0 Å². The van der Waals surface area contributed by atoms with Crippen molar-refractivity contribution < 1.29 is 0 Å². The Morgan fingerprint density at radius 2 is 2.20 bits per heavy atom. The average Bonchev–Trinajstić information content (AvgIpc) is 2.29. The van der Waals surface area contributed by atoms with Gasteiger partial charge in [-0.25, -0.2) is 0 Å². The number of thioether (sulfide) groups is 1. The first-order chi connectivity index (χ1) is 7.36. The molecule has 0 atom stereocenters. The van der Waals surface area contributed by atoms with E-state index in [2.05, 4.69) is 22.4 Å². The normalized spacial score (nSPS) is 10.8. The summed E-state index contributed by atoms with van der Waals surface area (Å²) in [5.41, 5.74) is 1.26. The van der Waals surface area contributed by atoms with Crippen LogP contribution in [0.3, 0.4) is 0 Å². The second kappa shape index (κ2) is 6.91. The molecule has 0 fully saturated rings. The van der Waals surface area contributed by atoms with Gasteiger partial charge in [0.25, 0.3) is 0 Å². The van der Waals surface area contributed by atoms with Crippen molar-refractivity contribution in [2.45, 2.75) is 6.42 Å². The first kappa shape index (κ1) is 11.6. The van der Waals surface area contributed by atoms with Gasteiger partial charge in [-0.1, -0.05) is 42.1 Å². The average molecular weight is 219 g/mol. The summed E-state index contributed by atoms with van der Waals surface area (Å²) in [4.78, 5) is 4.27. The molecule has 0 saturated heterocycles. The van der Waals surface area contributed by atoms with E-state index in [0.717, 1.165) is 6.42 Å². The molecule has 1 aromatic rings. The molecule has 0 saturated carbocycles. The van der Waals surface area contributed by atoms with Crippen LogP contribution in [0.1, 0.15) is 5.56 Å². The van der Waals surface area contributed by atoms with E-state index in [4.69, 9.17) is 5.26 Å². The quantitative estimate of drug-likeness (QED) is 0.366. The fraction of sp³-hybridized carbons (Fsp3) is 0.273. The molecule has 0 aliphatic carbocycles. The molecule has 78 valence electrons. The summed E-state index contributed by atoms with van der Waals surface area (Å²) < 4.78 is 0. The van der Waals surface area contributed by atoms with Crippen LogP contribution in [0, 0.1) is 11.5 Å². The number of aliphatic imine (C=N–C) groups is 1. The van der Waals surface area contributed by atoms with Crippen molar-refractivity contribution in [2.75, 3.05) is 12.8 Å². The van der Waals surface area contributed by atoms with Gasteiger partial charge in [-0.2, -0.15) is 5.26 Å². The molecule has 15 heavy (non-hydrogen) atoms. The fourth-order valence-corrected chi connectivity index (χ4v) is 1.50. The largest absolute Gasteiger partial charge is 0.272 e. The maximum atomic E-state index is 8.43. The van der Waals surface area contributed by atoms with Gasteiger partial charge in [-0.3, -0.25) is 10.3 Å². The summed E-state index contributed by atoms with van der Waals surface area (Å²) in [6.45, 7) is 0.703. The third kappa shape index (κ3) is 4.52. The van der Waals surface area contributed by atoms with Crippen molar-refractivity contribution in [1.82, 2.24) is 5.32 Å². The summed E-state index contributed by atoms with van der Waals surface area (Å²) in [5.74, 6) is 0. The highest BCUT2D eigenvalue weighted by atomic mass is 32.2. The molecule has 4 heteroatoms. The van der Waals surface area contributed by atoms with Gasteiger partial charge in [0, 0.05) is 6.54 Å². The second-order valence-electron chi connectivity index (χ2n) is 2.86. The number of benzene rings is 1. The molecule has 0 aliphatic rings. The van der Waals surface area contributed by atoms with Crippen LogP contribution in [0.15, 0.2) is 35.3 Å². The van der Waals surface area contributed by atoms with E-state index in [1.165, 1.54) is 17.3 Å². The van der Waals surface area contributed by atoms with Gasteiger partial charge in [-0.15, -0.1) is 0 Å². The summed E-state index contributed by atoms with van der Waals surface area (Å²) in [6, 6.07) is 10.2. The van der Waals surface area contributed by atoms with Gasteiger partial charge in [0.2, 0.25) is 0 Å². The van der Waals surface area contributed by atoms with E-state index < -0.39 is 0 Å². The Balaban J connectivity index is 2.41. The first-order valence-corrected chi connectivity index (χ1v) is 5.86. The highest BCUT2D eigenvalue weighted by Crippen LogP contribution is 2.01. The molecular weight excluding hydrogens is 206 g/mol. The molecule has 0 unspecified atom stereocenters. The molecule has 0 amide bonds. The molecule has 1 aromatic carbocycles. The van der Waals surface area contributed by atoms with Crippen molar-refractivity contribution in [3.05, 3.63) is 35.9 Å². The summed E-state index contributed by atoms with van der Waals surface area (Å²) >= 11 is 1.45. The lowest BCUT2D eigenvalue weighted by atomic mass is 10.2. The van der Waals surface area contributed by atoms with Gasteiger partial charge < -0.3 is 0 Å². The molecule has 0 radical (unpaired) electrons. The summed E-state index contributed by atoms with van der Waals surface area (Å²) in [6.07, 6.45) is 4.66. The summed E-state index contributed by atoms with van der Waals surface area (Å²) in [7, 11) is 0. The Hall–Kier alpha value is -1.47. The third-order valence-electron chi connectivity index (χ3n) is 1.85. The molecular formula is C11H13N3S. The van der Waals surface area contributed by atoms with Crippen LogP contribution in [-0.2, 0) is 6.42 Å². The first-order valence-electron chi connectivity index (χ1n) is 4.64. The minimum absolute atomic E-state index is 0.674. The minimum atomic E-state index is 0.674. The maximum Gasteiger partial charge on any atom is 0.183 e. The fourth-order valence-electron chi connectivity index (χ4n) is 1.13. The standard InChI is InChI=1S/C11H13N3S/c1-15-11(14-9-12)13-8-7-10-5-3-2-4-6-10/h2-6H,7-8H2,1H3,(H,13,14). The zero-order chi connectivity index (χ0) is 10.9. The molecule has 0 aromatic heterocycles. The third-order valence-corrected chi connectivity index (χ3v) is 2.47. The Morgan fingerprint density at radius 3 is 2.80 bits per heavy atom. The lowest BCUT2D eigenvalue weighted by Gasteiger charge is -2.00. The van der Waals surface area contributed by atoms with E-state index in [1.54, 1.807) is 0 Å². The molecule has 0 aliphatic heterocycles. The van der Waals surface area contributed by atoms with Crippen LogP contribution in [0.5, 0.6) is 0 Å². The van der Waals surface area contributed by atoms with Crippen molar-refractivity contribution >= 4 is 16.9 Å². The topological polar surface area (TPSA) is 48.2 Å². The number of rotatable bonds is 3. The number of hydrogen-bond acceptors (Lipinski definition) is 3. The number of amidine groups is 1. The highest BCUT2D eigenvalue weighted by molar-refractivity contribution is 8.13. The molecule has 0 spiro atoms. The van der Waals surface area contributed by atoms with Crippen molar-refractivity contribution in [3.8, 4) is 6.19 Å². The van der Waals surface area contributed by atoms with E-state index >= 15 is 0 Å². The number of nitrogens with zero attached hydrogens (tertiary/aromatic N) is 2. The van der Waals surface area contributed by atoms with Crippen LogP contribution in [0.4, 0.5) is 0 Å². The zero-order valence-electron chi connectivity index (χ0n) is 8.60. The van der Waals surface area contributed by atoms with E-state index in [0.29, 0.717) is 11.7 Å². The Morgan fingerprint density at radius 1 is 1.47 bits per heavy atom. The van der Waals surface area contributed by atoms with Crippen LogP contribution in [-0.4, -0.2) is 18.0 Å². The molecule has 3 nitrogen and oxygen atoms in total. The number of nitriles is 1. The van der Waals surface area contributed by atoms with Gasteiger partial charge in [0.1, 0.15) is 0 Å². The maximum absolute atomic E-state index is 8.43. The van der Waals surface area contributed by atoms with Crippen LogP contribution >= 0.6 is 11.8 Å². The Bertz CT molecular complexity index is 354. The molecule has 1 N–H and O–H groups in total. The molecule has 0 heterocycles. The van der Waals surface area contributed by atoms with E-state index in [-0.39, 0.29) is 0 Å². The SMILES string of the molecule is CSC(=NCCc1ccccc1)NC#N. The van der Waals surface area contributed by atoms with E-state index in [1.807, 2.05) is 30.6 Å². The van der Waals surface area contributed by atoms with Gasteiger partial charge in [-0.05, 0) is 18.2 Å². The lowest BCUT2D eigenvalue weighted by molar-refractivity contribution is 0.964. The number of nitrogens with one attached hydrogen (secondary N) is 1. The van der Waals surface area contributed by atoms with Crippen LogP contribution < -0.4 is 5.32 Å². The monoisotopic (exact) mass is 219 g/mol. The second-order valence-corrected chi connectivity index (χ2v) is 3.66. The lowest BCUT2D eigenvalue weighted by Crippen LogP contribution is -2.13. The van der Waals surface area contributed by atoms with Gasteiger partial charge in [0.05, 0.1) is 0 Å². The molecule has 1 rings (SSSR count). The minimum Gasteiger partial charge on any atom is -0.272 e. The van der Waals surface area contributed by atoms with Crippen LogP contribution in [0.2, 0.25) is 0 Å². The highest BCUT2D eigenvalue weighted by Gasteiger charge is 1.94. The molecule has 0 bridgehead atoms. The zero-order valence-corrected chi connectivity index (χ0v) is 9.42. The predicted molar refractivity (Wildman–Crippen MR) is 64.7 cm³/mol. The van der Waals surface area contributed by atoms with Crippen molar-refractivity contribution in [2.24, 2.45) is 4.99 Å². The predicted octanol–water partition coefficient (Wildman–Crippen LogP) is 2.02. The summed E-state index contributed by atoms with van der Waals surface area (Å²) in [5, 5.41) is 11.6. The number of hydrogen-bond donors (Lipinski definition) is 1. The van der Waals surface area contributed by atoms with Crippen molar-refractivity contribution in [1.29, 1.82) is 5.26 Å². The Labute approximate surface area is 94.2 Å². The van der Waals surface area contributed by atoms with Gasteiger partial charge in [0.15, 0.2) is 11.4 Å². The van der Waals surface area contributed by atoms with Crippen LogP contribution in [0.25, 0.3) is 0 Å². The smallest absolute Gasteiger partial charge is 0.183 e.